The summed E-state index contributed by atoms with van der Waals surface area (Å²) in [6.07, 6.45) is -6.44. The van der Waals surface area contributed by atoms with Crippen LogP contribution in [0.4, 0.5) is 43.4 Å². The minimum atomic E-state index is -4.52. The van der Waals surface area contributed by atoms with Crippen LogP contribution in [0, 0.1) is 0 Å². The van der Waals surface area contributed by atoms with Gasteiger partial charge < -0.3 is 20.9 Å². The molecule has 0 unspecified atom stereocenters. The van der Waals surface area contributed by atoms with E-state index in [1.807, 2.05) is 18.7 Å². The Bertz CT molecular complexity index is 1110. The Labute approximate surface area is 237 Å². The van der Waals surface area contributed by atoms with Gasteiger partial charge in [0.1, 0.15) is 0 Å². The lowest BCUT2D eigenvalue weighted by molar-refractivity contribution is -0.138. The highest BCUT2D eigenvalue weighted by Crippen LogP contribution is 2.35. The van der Waals surface area contributed by atoms with Gasteiger partial charge in [-0.3, -0.25) is 9.69 Å². The highest BCUT2D eigenvalue weighted by Gasteiger charge is 2.33. The lowest BCUT2D eigenvalue weighted by Gasteiger charge is -2.36. The first-order chi connectivity index (χ1) is 19.4. The second kappa shape index (κ2) is 14.2. The highest BCUT2D eigenvalue weighted by molar-refractivity contribution is 5.76. The van der Waals surface area contributed by atoms with Gasteiger partial charge in [0.25, 0.3) is 0 Å². The minimum absolute atomic E-state index is 0.0280. The van der Waals surface area contributed by atoms with Gasteiger partial charge in [-0.15, -0.1) is 0 Å². The number of carbonyl (C=O) groups is 1. The van der Waals surface area contributed by atoms with Crippen LogP contribution < -0.4 is 16.0 Å². The van der Waals surface area contributed by atoms with Crippen molar-refractivity contribution in [3.05, 3.63) is 53.6 Å². The lowest BCUT2D eigenvalue weighted by Crippen LogP contribution is -2.47. The second-order valence-corrected chi connectivity index (χ2v) is 10.1. The monoisotopic (exact) mass is 587 g/mol. The van der Waals surface area contributed by atoms with Gasteiger partial charge in [-0.2, -0.15) is 26.3 Å². The third kappa shape index (κ3) is 9.17. The summed E-state index contributed by atoms with van der Waals surface area (Å²) in [5, 5.41) is 3.14. The van der Waals surface area contributed by atoms with Crippen molar-refractivity contribution in [2.45, 2.75) is 57.9 Å². The summed E-state index contributed by atoms with van der Waals surface area (Å²) in [7, 11) is 0. The number of nitrogens with two attached hydrogens (primary N) is 1. The molecule has 0 aromatic heterocycles. The maximum Gasteiger partial charge on any atom is 0.418 e. The summed E-state index contributed by atoms with van der Waals surface area (Å²) in [5.74, 6) is 0.0729. The molecule has 0 bridgehead atoms. The van der Waals surface area contributed by atoms with Gasteiger partial charge >= 0.3 is 12.4 Å². The fraction of sp³-hybridized carbons (Fsp3) is 0.552. The molecular formula is C29H39F6N5O. The zero-order valence-corrected chi connectivity index (χ0v) is 23.5. The van der Waals surface area contributed by atoms with E-state index in [1.54, 1.807) is 0 Å². The fourth-order valence-corrected chi connectivity index (χ4v) is 5.10. The van der Waals surface area contributed by atoms with Gasteiger partial charge in [0.2, 0.25) is 5.91 Å². The van der Waals surface area contributed by atoms with E-state index in [0.29, 0.717) is 57.5 Å². The van der Waals surface area contributed by atoms with Gasteiger partial charge in [0.15, 0.2) is 0 Å². The highest BCUT2D eigenvalue weighted by atomic mass is 19.4. The van der Waals surface area contributed by atoms with Crippen molar-refractivity contribution in [2.75, 3.05) is 61.8 Å². The topological polar surface area (TPSA) is 64.8 Å². The Balaban J connectivity index is 0.00000226. The van der Waals surface area contributed by atoms with E-state index in [0.717, 1.165) is 43.5 Å². The number of rotatable bonds is 7. The Morgan fingerprint density at radius 1 is 0.878 bits per heavy atom. The number of nitrogen functional groups attached to an aromatic ring is 1. The molecule has 0 aliphatic carbocycles. The standard InChI is InChI=1S/C27H33F6N5O.C2H6/c28-26(29,30)19-3-6-22(7-4-19)37-16-14-36(15-17-37)11-1-2-25(39)38-12-9-20(10-13-38)35-21-5-8-24(34)23(18-21)27(31,32)33;1-2/h3-8,18,20,35H,1-2,9-17,34H2;1-2H3. The van der Waals surface area contributed by atoms with Gasteiger partial charge in [-0.25, -0.2) is 0 Å². The SMILES string of the molecule is CC.Nc1ccc(NC2CCN(C(=O)CCCN3CCN(c4ccc(C(F)(F)F)cc4)CC3)CC2)cc1C(F)(F)F. The Morgan fingerprint density at radius 3 is 2.05 bits per heavy atom. The zero-order valence-electron chi connectivity index (χ0n) is 23.5. The molecule has 1 amide bonds. The number of nitrogens with zero attached hydrogens (tertiary/aromatic N) is 3. The molecule has 4 rings (SSSR count). The van der Waals surface area contributed by atoms with E-state index < -0.39 is 23.5 Å². The van der Waals surface area contributed by atoms with E-state index in [-0.39, 0.29) is 17.6 Å². The molecule has 2 aliphatic rings. The van der Waals surface area contributed by atoms with E-state index in [4.69, 9.17) is 5.73 Å². The van der Waals surface area contributed by atoms with E-state index in [2.05, 4.69) is 15.1 Å². The maximum atomic E-state index is 13.1. The number of piperidine rings is 1. The molecule has 0 spiro atoms. The number of piperazine rings is 1. The first-order valence-electron chi connectivity index (χ1n) is 14.1. The predicted octanol–water partition coefficient (Wildman–Crippen LogP) is 6.34. The van der Waals surface area contributed by atoms with Crippen molar-refractivity contribution in [3.63, 3.8) is 0 Å². The molecular weight excluding hydrogens is 548 g/mol. The molecule has 6 nitrogen and oxygen atoms in total. The van der Waals surface area contributed by atoms with E-state index in [1.165, 1.54) is 24.3 Å². The lowest BCUT2D eigenvalue weighted by atomic mass is 10.0. The van der Waals surface area contributed by atoms with Gasteiger partial charge in [-0.1, -0.05) is 13.8 Å². The quantitative estimate of drug-likeness (QED) is 0.293. The summed E-state index contributed by atoms with van der Waals surface area (Å²) < 4.78 is 77.7. The normalized spacial score (nSPS) is 17.2. The molecule has 2 aliphatic heterocycles. The molecule has 41 heavy (non-hydrogen) atoms. The number of anilines is 3. The van der Waals surface area contributed by atoms with Gasteiger partial charge in [0, 0.05) is 68.8 Å². The summed E-state index contributed by atoms with van der Waals surface area (Å²) in [6.45, 7) is 8.81. The van der Waals surface area contributed by atoms with Crippen LogP contribution in [0.1, 0.15) is 50.7 Å². The number of hydrogen-bond donors (Lipinski definition) is 2. The first-order valence-corrected chi connectivity index (χ1v) is 14.1. The Hall–Kier alpha value is -3.15. The van der Waals surface area contributed by atoms with Crippen molar-refractivity contribution < 1.29 is 31.1 Å². The molecule has 2 aromatic carbocycles. The number of hydrogen-bond acceptors (Lipinski definition) is 5. The number of halogens is 6. The minimum Gasteiger partial charge on any atom is -0.398 e. The molecule has 2 heterocycles. The third-order valence-corrected chi connectivity index (χ3v) is 7.37. The Kier molecular flexibility index (Phi) is 11.2. The van der Waals surface area contributed by atoms with E-state index in [9.17, 15) is 31.1 Å². The van der Waals surface area contributed by atoms with E-state index >= 15 is 0 Å². The van der Waals surface area contributed by atoms with Crippen LogP contribution in [0.5, 0.6) is 0 Å². The van der Waals surface area contributed by atoms with Crippen molar-refractivity contribution >= 4 is 23.0 Å². The number of amides is 1. The smallest absolute Gasteiger partial charge is 0.398 e. The molecule has 0 radical (unpaired) electrons. The maximum absolute atomic E-state index is 13.1. The molecule has 2 saturated heterocycles. The van der Waals surface area contributed by atoms with Crippen molar-refractivity contribution in [2.24, 2.45) is 0 Å². The molecule has 3 N–H and O–H groups in total. The van der Waals surface area contributed by atoms with Crippen LogP contribution in [-0.2, 0) is 17.1 Å². The summed E-state index contributed by atoms with van der Waals surface area (Å²) in [4.78, 5) is 18.8. The van der Waals surface area contributed by atoms with Crippen LogP contribution in [0.2, 0.25) is 0 Å². The van der Waals surface area contributed by atoms with Crippen LogP contribution in [0.15, 0.2) is 42.5 Å². The van der Waals surface area contributed by atoms with Crippen LogP contribution in [0.25, 0.3) is 0 Å². The average Bonchev–Trinajstić information content (AvgIpc) is 2.95. The summed E-state index contributed by atoms with van der Waals surface area (Å²) in [6, 6.07) is 9.00. The molecule has 0 saturated carbocycles. The molecule has 12 heteroatoms. The number of carbonyl (C=O) groups excluding carboxylic acids is 1. The first kappa shape index (κ1) is 32.4. The Morgan fingerprint density at radius 2 is 1.49 bits per heavy atom. The van der Waals surface area contributed by atoms with Crippen molar-refractivity contribution in [1.82, 2.24) is 9.80 Å². The molecule has 0 atom stereocenters. The molecule has 228 valence electrons. The zero-order chi connectivity index (χ0) is 30.2. The average molecular weight is 588 g/mol. The third-order valence-electron chi connectivity index (χ3n) is 7.37. The van der Waals surface area contributed by atoms with Crippen LogP contribution in [-0.4, -0.2) is 67.6 Å². The predicted molar refractivity (Wildman–Crippen MR) is 150 cm³/mol. The number of alkyl halides is 6. The fourth-order valence-electron chi connectivity index (χ4n) is 5.10. The van der Waals surface area contributed by atoms with Gasteiger partial charge in [0.05, 0.1) is 11.1 Å². The van der Waals surface area contributed by atoms with Gasteiger partial charge in [-0.05, 0) is 68.3 Å². The number of nitrogens with one attached hydrogen (secondary N) is 1. The number of likely N-dealkylation sites (tertiary alicyclic amines) is 1. The second-order valence-electron chi connectivity index (χ2n) is 10.1. The summed E-state index contributed by atoms with van der Waals surface area (Å²) >= 11 is 0. The van der Waals surface area contributed by atoms with Crippen LogP contribution in [0.3, 0.4) is 0 Å². The molecule has 2 fully saturated rings. The van der Waals surface area contributed by atoms with Crippen molar-refractivity contribution in [3.8, 4) is 0 Å². The molecule has 2 aromatic rings. The van der Waals surface area contributed by atoms with Crippen molar-refractivity contribution in [1.29, 1.82) is 0 Å². The largest absolute Gasteiger partial charge is 0.418 e. The number of benzene rings is 2. The summed E-state index contributed by atoms with van der Waals surface area (Å²) in [5.41, 5.74) is 4.77. The van der Waals surface area contributed by atoms with Crippen LogP contribution >= 0.6 is 0 Å².